The van der Waals surface area contributed by atoms with Gasteiger partial charge in [-0.25, -0.2) is 4.39 Å². The summed E-state index contributed by atoms with van der Waals surface area (Å²) in [6.07, 6.45) is -4.73. The van der Waals surface area contributed by atoms with Crippen molar-refractivity contribution in [2.75, 3.05) is 5.32 Å². The minimum Gasteiger partial charge on any atom is -0.406 e. The minimum absolute atomic E-state index is 0.203. The maximum absolute atomic E-state index is 13.1. The first-order valence-electron chi connectivity index (χ1n) is 5.86. The molecular weight excluding hydrogens is 310 g/mol. The van der Waals surface area contributed by atoms with E-state index < -0.39 is 12.2 Å². The quantitative estimate of drug-likeness (QED) is 0.802. The summed E-state index contributed by atoms with van der Waals surface area (Å²) in [6.45, 7) is 0.203. The molecule has 0 saturated carbocycles. The van der Waals surface area contributed by atoms with Gasteiger partial charge in [0.25, 0.3) is 0 Å². The van der Waals surface area contributed by atoms with Crippen LogP contribution in [0, 0.1) is 5.82 Å². The van der Waals surface area contributed by atoms with Gasteiger partial charge in [-0.15, -0.1) is 13.2 Å². The summed E-state index contributed by atoms with van der Waals surface area (Å²) >= 11 is 5.70. The van der Waals surface area contributed by atoms with Crippen molar-refractivity contribution in [1.82, 2.24) is 0 Å². The Kier molecular flexibility index (Phi) is 4.57. The second kappa shape index (κ2) is 6.22. The molecule has 0 aromatic heterocycles. The highest BCUT2D eigenvalue weighted by molar-refractivity contribution is 6.30. The van der Waals surface area contributed by atoms with Crippen molar-refractivity contribution in [2.45, 2.75) is 12.9 Å². The third-order valence-electron chi connectivity index (χ3n) is 2.49. The molecule has 2 nitrogen and oxygen atoms in total. The maximum atomic E-state index is 13.1. The first-order valence-corrected chi connectivity index (χ1v) is 6.24. The maximum Gasteiger partial charge on any atom is 0.573 e. The molecule has 0 aliphatic rings. The van der Waals surface area contributed by atoms with Gasteiger partial charge in [-0.1, -0.05) is 23.7 Å². The van der Waals surface area contributed by atoms with Crippen molar-refractivity contribution in [1.29, 1.82) is 0 Å². The number of nitrogens with one attached hydrogen (secondary N) is 1. The van der Waals surface area contributed by atoms with Gasteiger partial charge in [0.15, 0.2) is 0 Å². The molecule has 0 bridgehead atoms. The van der Waals surface area contributed by atoms with Crippen LogP contribution in [0.1, 0.15) is 5.56 Å². The lowest BCUT2D eigenvalue weighted by Crippen LogP contribution is -2.17. The summed E-state index contributed by atoms with van der Waals surface area (Å²) in [7, 11) is 0. The fraction of sp³-hybridized carbons (Fsp3) is 0.143. The number of anilines is 1. The molecule has 0 amide bonds. The zero-order valence-electron chi connectivity index (χ0n) is 10.5. The Labute approximate surface area is 123 Å². The first-order chi connectivity index (χ1) is 9.82. The van der Waals surface area contributed by atoms with E-state index in [4.69, 9.17) is 11.6 Å². The number of hydrogen-bond donors (Lipinski definition) is 1. The van der Waals surface area contributed by atoms with Gasteiger partial charge in [0, 0.05) is 17.3 Å². The van der Waals surface area contributed by atoms with Crippen LogP contribution in [-0.2, 0) is 6.54 Å². The van der Waals surface area contributed by atoms with E-state index in [-0.39, 0.29) is 17.3 Å². The SMILES string of the molecule is Fc1cc(Cl)cc(NCc2cccc(OC(F)(F)F)c2)c1. The number of alkyl halides is 3. The van der Waals surface area contributed by atoms with Gasteiger partial charge in [0.1, 0.15) is 11.6 Å². The molecule has 0 saturated heterocycles. The van der Waals surface area contributed by atoms with E-state index >= 15 is 0 Å². The molecule has 0 radical (unpaired) electrons. The number of rotatable bonds is 4. The Hall–Kier alpha value is -1.95. The molecule has 0 heterocycles. The molecule has 0 fully saturated rings. The molecule has 112 valence electrons. The summed E-state index contributed by atoms with van der Waals surface area (Å²) in [4.78, 5) is 0. The predicted molar refractivity (Wildman–Crippen MR) is 71.9 cm³/mol. The summed E-state index contributed by atoms with van der Waals surface area (Å²) < 4.78 is 53.3. The Morgan fingerprint density at radius 2 is 1.86 bits per heavy atom. The van der Waals surface area contributed by atoms with Crippen LogP contribution in [-0.4, -0.2) is 6.36 Å². The third-order valence-corrected chi connectivity index (χ3v) is 2.71. The molecule has 2 aromatic rings. The van der Waals surface area contributed by atoms with Crippen molar-refractivity contribution >= 4 is 17.3 Å². The van der Waals surface area contributed by atoms with Crippen LogP contribution >= 0.6 is 11.6 Å². The van der Waals surface area contributed by atoms with Gasteiger partial charge in [-0.3, -0.25) is 0 Å². The highest BCUT2D eigenvalue weighted by atomic mass is 35.5. The molecule has 2 rings (SSSR count). The van der Waals surface area contributed by atoms with E-state index in [1.807, 2.05) is 0 Å². The van der Waals surface area contributed by atoms with Crippen LogP contribution in [0.4, 0.5) is 23.2 Å². The summed E-state index contributed by atoms with van der Waals surface area (Å²) in [5.41, 5.74) is 0.985. The van der Waals surface area contributed by atoms with E-state index in [9.17, 15) is 17.6 Å². The fourth-order valence-corrected chi connectivity index (χ4v) is 1.93. The van der Waals surface area contributed by atoms with Crippen LogP contribution in [0.25, 0.3) is 0 Å². The zero-order valence-corrected chi connectivity index (χ0v) is 11.3. The average molecular weight is 320 g/mol. The van der Waals surface area contributed by atoms with Gasteiger partial charge in [-0.05, 0) is 35.9 Å². The first kappa shape index (κ1) is 15.4. The molecule has 21 heavy (non-hydrogen) atoms. The fourth-order valence-electron chi connectivity index (χ4n) is 1.71. The zero-order chi connectivity index (χ0) is 15.5. The number of hydrogen-bond acceptors (Lipinski definition) is 2. The van der Waals surface area contributed by atoms with E-state index in [0.717, 1.165) is 6.07 Å². The van der Waals surface area contributed by atoms with Crippen LogP contribution < -0.4 is 10.1 Å². The third kappa shape index (κ3) is 5.15. The second-order valence-electron chi connectivity index (χ2n) is 4.21. The highest BCUT2D eigenvalue weighted by Gasteiger charge is 2.31. The molecule has 0 aliphatic heterocycles. The van der Waals surface area contributed by atoms with Crippen LogP contribution in [0.2, 0.25) is 5.02 Å². The Bertz CT molecular complexity index is 610. The summed E-state index contributed by atoms with van der Waals surface area (Å²) in [5.74, 6) is -0.807. The lowest BCUT2D eigenvalue weighted by Gasteiger charge is -2.11. The molecular formula is C14H10ClF4NO. The predicted octanol–water partition coefficient (Wildman–Crippen LogP) is 4.99. The van der Waals surface area contributed by atoms with E-state index in [2.05, 4.69) is 10.1 Å². The van der Waals surface area contributed by atoms with Gasteiger partial charge < -0.3 is 10.1 Å². The lowest BCUT2D eigenvalue weighted by atomic mass is 10.2. The molecule has 2 aromatic carbocycles. The van der Waals surface area contributed by atoms with Gasteiger partial charge in [0.05, 0.1) is 0 Å². The Balaban J connectivity index is 2.04. The Morgan fingerprint density at radius 1 is 1.10 bits per heavy atom. The average Bonchev–Trinajstić information content (AvgIpc) is 2.33. The minimum atomic E-state index is -4.73. The largest absolute Gasteiger partial charge is 0.573 e. The standard InChI is InChI=1S/C14H10ClF4NO/c15-10-5-11(16)7-12(6-10)20-8-9-2-1-3-13(4-9)21-14(17,18)19/h1-7,20H,8H2. The van der Waals surface area contributed by atoms with Crippen LogP contribution in [0.3, 0.4) is 0 Å². The van der Waals surface area contributed by atoms with Crippen molar-refractivity contribution < 1.29 is 22.3 Å². The number of halogens is 5. The molecule has 0 atom stereocenters. The normalized spacial score (nSPS) is 11.3. The van der Waals surface area contributed by atoms with Gasteiger partial charge >= 0.3 is 6.36 Å². The van der Waals surface area contributed by atoms with Crippen molar-refractivity contribution in [3.05, 3.63) is 58.9 Å². The van der Waals surface area contributed by atoms with Gasteiger partial charge in [0.2, 0.25) is 0 Å². The monoisotopic (exact) mass is 319 g/mol. The van der Waals surface area contributed by atoms with Crippen molar-refractivity contribution in [3.8, 4) is 5.75 Å². The van der Waals surface area contributed by atoms with Crippen LogP contribution in [0.15, 0.2) is 42.5 Å². The van der Waals surface area contributed by atoms with E-state index in [1.165, 1.54) is 30.3 Å². The highest BCUT2D eigenvalue weighted by Crippen LogP contribution is 2.24. The Morgan fingerprint density at radius 3 is 2.52 bits per heavy atom. The number of benzene rings is 2. The lowest BCUT2D eigenvalue weighted by molar-refractivity contribution is -0.274. The number of ether oxygens (including phenoxy) is 1. The van der Waals surface area contributed by atoms with Crippen molar-refractivity contribution in [2.24, 2.45) is 0 Å². The molecule has 7 heteroatoms. The smallest absolute Gasteiger partial charge is 0.406 e. The second-order valence-corrected chi connectivity index (χ2v) is 4.64. The van der Waals surface area contributed by atoms with Crippen molar-refractivity contribution in [3.63, 3.8) is 0 Å². The van der Waals surface area contributed by atoms with E-state index in [1.54, 1.807) is 6.07 Å². The molecule has 0 unspecified atom stereocenters. The summed E-state index contributed by atoms with van der Waals surface area (Å²) in [5, 5.41) is 3.10. The topological polar surface area (TPSA) is 21.3 Å². The van der Waals surface area contributed by atoms with E-state index in [0.29, 0.717) is 11.3 Å². The summed E-state index contributed by atoms with van der Waals surface area (Å²) in [6, 6.07) is 9.43. The van der Waals surface area contributed by atoms with Gasteiger partial charge in [-0.2, -0.15) is 0 Å². The van der Waals surface area contributed by atoms with Crippen LogP contribution in [0.5, 0.6) is 5.75 Å². The molecule has 0 spiro atoms. The molecule has 1 N–H and O–H groups in total. The molecule has 0 aliphatic carbocycles.